The van der Waals surface area contributed by atoms with Gasteiger partial charge in [0.15, 0.2) is 5.11 Å². The molecule has 3 aromatic rings. The molecule has 0 atom stereocenters. The quantitative estimate of drug-likeness (QED) is 0.498. The van der Waals surface area contributed by atoms with Crippen molar-refractivity contribution in [3.8, 4) is 10.6 Å². The molecule has 1 aliphatic heterocycles. The highest BCUT2D eigenvalue weighted by molar-refractivity contribution is 7.80. The van der Waals surface area contributed by atoms with Crippen LogP contribution in [0.4, 0.5) is 10.1 Å². The molecule has 2 aromatic carbocycles. The number of amides is 1. The van der Waals surface area contributed by atoms with E-state index in [4.69, 9.17) is 12.2 Å². The maximum atomic E-state index is 13.1. The third-order valence-corrected chi connectivity index (χ3v) is 5.59. The van der Waals surface area contributed by atoms with Gasteiger partial charge in [-0.25, -0.2) is 9.37 Å². The number of halogens is 1. The number of carbonyl (C=O) groups excluding carboxylic acids is 1. The van der Waals surface area contributed by atoms with E-state index in [1.165, 1.54) is 28.4 Å². The van der Waals surface area contributed by atoms with Crippen molar-refractivity contribution < 1.29 is 9.18 Å². The summed E-state index contributed by atoms with van der Waals surface area (Å²) in [6.45, 7) is 2.04. The van der Waals surface area contributed by atoms with Gasteiger partial charge < -0.3 is 5.32 Å². The van der Waals surface area contributed by atoms with Gasteiger partial charge in [0.2, 0.25) is 0 Å². The number of para-hydroxylation sites is 1. The number of aryl methyl sites for hydroxylation is 1. The molecular weight excluding hydrogens is 393 g/mol. The van der Waals surface area contributed by atoms with Crippen LogP contribution in [0.5, 0.6) is 0 Å². The lowest BCUT2D eigenvalue weighted by Gasteiger charge is -2.17. The van der Waals surface area contributed by atoms with E-state index in [1.807, 2.05) is 36.6 Å². The Morgan fingerprint density at radius 2 is 1.96 bits per heavy atom. The van der Waals surface area contributed by atoms with E-state index in [1.54, 1.807) is 18.2 Å². The highest BCUT2D eigenvalue weighted by atomic mass is 32.1. The molecule has 1 N–H and O–H groups in total. The zero-order chi connectivity index (χ0) is 19.7. The number of aromatic nitrogens is 1. The second-order valence-corrected chi connectivity index (χ2v) is 7.44. The molecule has 28 heavy (non-hydrogen) atoms. The van der Waals surface area contributed by atoms with Crippen LogP contribution in [-0.4, -0.2) is 16.0 Å². The number of carbonyl (C=O) groups is 1. The van der Waals surface area contributed by atoms with Crippen molar-refractivity contribution in [3.05, 3.63) is 76.7 Å². The van der Waals surface area contributed by atoms with Crippen LogP contribution < -0.4 is 10.2 Å². The molecule has 1 fully saturated rings. The molecule has 0 unspecified atom stereocenters. The lowest BCUT2D eigenvalue weighted by Crippen LogP contribution is -2.31. The number of thiazole rings is 1. The zero-order valence-corrected chi connectivity index (χ0v) is 16.6. The van der Waals surface area contributed by atoms with Gasteiger partial charge in [0.25, 0.3) is 5.91 Å². The van der Waals surface area contributed by atoms with Crippen LogP contribution in [0.3, 0.4) is 0 Å². The van der Waals surface area contributed by atoms with Gasteiger partial charge in [-0.05, 0) is 60.6 Å². The number of rotatable bonds is 4. The number of anilines is 1. The van der Waals surface area contributed by atoms with Crippen LogP contribution in [0.15, 0.2) is 59.6 Å². The van der Waals surface area contributed by atoms with Gasteiger partial charge in [-0.1, -0.05) is 25.1 Å². The summed E-state index contributed by atoms with van der Waals surface area (Å²) in [5, 5.41) is 5.96. The minimum Gasteiger partial charge on any atom is -0.327 e. The minimum atomic E-state index is -0.288. The van der Waals surface area contributed by atoms with E-state index < -0.39 is 0 Å². The highest BCUT2D eigenvalue weighted by Crippen LogP contribution is 2.28. The van der Waals surface area contributed by atoms with Crippen LogP contribution in [0, 0.1) is 5.82 Å². The average Bonchev–Trinajstić information content (AvgIpc) is 3.27. The van der Waals surface area contributed by atoms with E-state index >= 15 is 0 Å². The highest BCUT2D eigenvalue weighted by Gasteiger charge is 2.33. The molecule has 1 saturated heterocycles. The molecular formula is C21H16FN3OS2. The Morgan fingerprint density at radius 1 is 1.21 bits per heavy atom. The van der Waals surface area contributed by atoms with Gasteiger partial charge in [-0.15, -0.1) is 11.3 Å². The fourth-order valence-corrected chi connectivity index (χ4v) is 4.08. The predicted molar refractivity (Wildman–Crippen MR) is 115 cm³/mol. The van der Waals surface area contributed by atoms with Crippen LogP contribution in [0.1, 0.15) is 18.2 Å². The summed E-state index contributed by atoms with van der Waals surface area (Å²) in [5.74, 6) is -0.494. The maximum Gasteiger partial charge on any atom is 0.281 e. The van der Waals surface area contributed by atoms with E-state index in [0.717, 1.165) is 28.2 Å². The lowest BCUT2D eigenvalue weighted by atomic mass is 10.1. The molecule has 1 aliphatic rings. The molecule has 2 heterocycles. The fraction of sp³-hybridized carbons (Fsp3) is 0.0952. The molecule has 0 radical (unpaired) electrons. The largest absolute Gasteiger partial charge is 0.327 e. The van der Waals surface area contributed by atoms with Gasteiger partial charge in [0, 0.05) is 10.9 Å². The van der Waals surface area contributed by atoms with Crippen molar-refractivity contribution in [3.63, 3.8) is 0 Å². The predicted octanol–water partition coefficient (Wildman–Crippen LogP) is 4.77. The minimum absolute atomic E-state index is 0.206. The summed E-state index contributed by atoms with van der Waals surface area (Å²) >= 11 is 6.83. The summed E-state index contributed by atoms with van der Waals surface area (Å²) in [5.41, 5.74) is 3.70. The van der Waals surface area contributed by atoms with E-state index in [0.29, 0.717) is 16.5 Å². The Kier molecular flexibility index (Phi) is 5.02. The molecule has 1 aromatic heterocycles. The Bertz CT molecular complexity index is 1090. The fourth-order valence-electron chi connectivity index (χ4n) is 3.01. The maximum absolute atomic E-state index is 13.1. The summed E-state index contributed by atoms with van der Waals surface area (Å²) in [6.07, 6.45) is 2.49. The number of nitrogens with zero attached hydrogens (tertiary/aromatic N) is 2. The zero-order valence-electron chi connectivity index (χ0n) is 15.0. The molecule has 7 heteroatoms. The molecule has 4 rings (SSSR count). The Labute approximate surface area is 171 Å². The number of nitrogens with one attached hydrogen (secondary N) is 1. The summed E-state index contributed by atoms with van der Waals surface area (Å²) < 4.78 is 13.1. The molecule has 0 saturated carbocycles. The first-order valence-corrected chi connectivity index (χ1v) is 10.0. The monoisotopic (exact) mass is 409 g/mol. The molecule has 140 valence electrons. The smallest absolute Gasteiger partial charge is 0.281 e. The lowest BCUT2D eigenvalue weighted by molar-refractivity contribution is -0.113. The number of hydrogen-bond acceptors (Lipinski definition) is 4. The molecule has 0 aliphatic carbocycles. The van der Waals surface area contributed by atoms with E-state index in [9.17, 15) is 9.18 Å². The first kappa shape index (κ1) is 18.5. The first-order chi connectivity index (χ1) is 13.6. The molecule has 0 spiro atoms. The van der Waals surface area contributed by atoms with Gasteiger partial charge in [0.1, 0.15) is 16.5 Å². The third kappa shape index (κ3) is 3.46. The average molecular weight is 410 g/mol. The van der Waals surface area contributed by atoms with Gasteiger partial charge in [0.05, 0.1) is 11.4 Å². The van der Waals surface area contributed by atoms with Crippen LogP contribution in [0.25, 0.3) is 16.6 Å². The number of thiocarbonyl (C=S) groups is 1. The van der Waals surface area contributed by atoms with E-state index in [-0.39, 0.29) is 11.7 Å². The topological polar surface area (TPSA) is 45.2 Å². The first-order valence-electron chi connectivity index (χ1n) is 8.73. The SMILES string of the molecule is CCc1ccccc1N1C(=O)/C(=C\c2csc(-c3ccc(F)cc3)n2)NC1=S. The van der Waals surface area contributed by atoms with Crippen molar-refractivity contribution in [2.75, 3.05) is 4.90 Å². The van der Waals surface area contributed by atoms with E-state index in [2.05, 4.69) is 10.3 Å². The third-order valence-electron chi connectivity index (χ3n) is 4.40. The second kappa shape index (κ2) is 7.61. The van der Waals surface area contributed by atoms with Gasteiger partial charge >= 0.3 is 0 Å². The Morgan fingerprint density at radius 3 is 2.71 bits per heavy atom. The Balaban J connectivity index is 1.62. The van der Waals surface area contributed by atoms with Gasteiger partial charge in [-0.2, -0.15) is 0 Å². The summed E-state index contributed by atoms with van der Waals surface area (Å²) in [6, 6.07) is 13.9. The van der Waals surface area contributed by atoms with Crippen LogP contribution in [0.2, 0.25) is 0 Å². The summed E-state index contributed by atoms with van der Waals surface area (Å²) in [4.78, 5) is 19.0. The molecule has 0 bridgehead atoms. The van der Waals surface area contributed by atoms with Crippen molar-refractivity contribution in [1.82, 2.24) is 10.3 Å². The van der Waals surface area contributed by atoms with Crippen molar-refractivity contribution in [1.29, 1.82) is 0 Å². The summed E-state index contributed by atoms with van der Waals surface area (Å²) in [7, 11) is 0. The second-order valence-electron chi connectivity index (χ2n) is 6.20. The standard InChI is InChI=1S/C21H16FN3OS2/c1-2-13-5-3-4-6-18(13)25-20(26)17(24-21(25)27)11-16-12-28-19(23-16)14-7-9-15(22)10-8-14/h3-12H,2H2,1H3,(H,24,27)/b17-11+. The normalized spacial score (nSPS) is 15.4. The number of benzene rings is 2. The van der Waals surface area contributed by atoms with Crippen molar-refractivity contribution in [2.45, 2.75) is 13.3 Å². The van der Waals surface area contributed by atoms with Crippen molar-refractivity contribution >= 4 is 46.3 Å². The van der Waals surface area contributed by atoms with Crippen molar-refractivity contribution in [2.24, 2.45) is 0 Å². The van der Waals surface area contributed by atoms with Gasteiger partial charge in [-0.3, -0.25) is 9.69 Å². The van der Waals surface area contributed by atoms with Crippen LogP contribution in [-0.2, 0) is 11.2 Å². The number of hydrogen-bond donors (Lipinski definition) is 1. The van der Waals surface area contributed by atoms with Crippen LogP contribution >= 0.6 is 23.6 Å². The Hall–Kier alpha value is -2.90. The molecule has 4 nitrogen and oxygen atoms in total. The molecule has 1 amide bonds.